The Labute approximate surface area is 101 Å². The molecule has 1 aromatic carbocycles. The molecule has 0 bridgehead atoms. The van der Waals surface area contributed by atoms with Crippen molar-refractivity contribution < 1.29 is 9.90 Å². The first-order valence-corrected chi connectivity index (χ1v) is 5.73. The number of halogens is 1. The third-order valence-corrected chi connectivity index (χ3v) is 2.55. The van der Waals surface area contributed by atoms with E-state index < -0.39 is 5.97 Å². The number of carboxylic acids is 1. The van der Waals surface area contributed by atoms with E-state index in [1.807, 2.05) is 19.1 Å². The van der Waals surface area contributed by atoms with E-state index in [9.17, 15) is 4.79 Å². The molecule has 0 fully saturated rings. The highest BCUT2D eigenvalue weighted by Crippen LogP contribution is 2.15. The van der Waals surface area contributed by atoms with Gasteiger partial charge in [0.05, 0.1) is 0 Å². The summed E-state index contributed by atoms with van der Waals surface area (Å²) in [6.45, 7) is 2.02. The molecule has 0 saturated carbocycles. The van der Waals surface area contributed by atoms with Crippen LogP contribution in [0.3, 0.4) is 0 Å². The van der Waals surface area contributed by atoms with Crippen molar-refractivity contribution in [2.75, 3.05) is 5.88 Å². The summed E-state index contributed by atoms with van der Waals surface area (Å²) in [7, 11) is 0. The van der Waals surface area contributed by atoms with E-state index >= 15 is 0 Å². The van der Waals surface area contributed by atoms with Gasteiger partial charge in [-0.15, -0.1) is 11.6 Å². The molecule has 3 heteroatoms. The van der Waals surface area contributed by atoms with Gasteiger partial charge >= 0.3 is 5.97 Å². The van der Waals surface area contributed by atoms with Crippen molar-refractivity contribution in [1.82, 2.24) is 0 Å². The summed E-state index contributed by atoms with van der Waals surface area (Å²) in [6.07, 6.45) is 4.57. The molecule has 0 heterocycles. The molecule has 0 radical (unpaired) electrons. The minimum atomic E-state index is -0.927. The van der Waals surface area contributed by atoms with Gasteiger partial charge in [0.25, 0.3) is 0 Å². The van der Waals surface area contributed by atoms with Gasteiger partial charge in [0.2, 0.25) is 0 Å². The predicted molar refractivity (Wildman–Crippen MR) is 66.9 cm³/mol. The lowest BCUT2D eigenvalue weighted by molar-refractivity contribution is -0.131. The number of rotatable bonds is 5. The van der Waals surface area contributed by atoms with Crippen molar-refractivity contribution in [2.24, 2.45) is 0 Å². The van der Waals surface area contributed by atoms with Gasteiger partial charge in [0, 0.05) is 12.0 Å². The van der Waals surface area contributed by atoms with E-state index in [0.29, 0.717) is 5.88 Å². The van der Waals surface area contributed by atoms with Gasteiger partial charge in [0.1, 0.15) is 0 Å². The number of carbonyl (C=O) groups is 1. The number of benzene rings is 1. The average Bonchev–Trinajstić information content (AvgIpc) is 2.24. The van der Waals surface area contributed by atoms with E-state index in [1.165, 1.54) is 5.56 Å². The monoisotopic (exact) mass is 238 g/mol. The summed E-state index contributed by atoms with van der Waals surface area (Å²) in [4.78, 5) is 10.5. The molecule has 1 aromatic rings. The fourth-order valence-electron chi connectivity index (χ4n) is 1.53. The molecular formula is C13H15ClO2. The topological polar surface area (TPSA) is 37.3 Å². The molecule has 0 aromatic heterocycles. The number of aliphatic carboxylic acids is 1. The second kappa shape index (κ2) is 6.33. The molecule has 0 aliphatic carbocycles. The van der Waals surface area contributed by atoms with Crippen LogP contribution in [-0.2, 0) is 11.2 Å². The number of carboxylic acid groups (broad SMARTS) is 1. The second-order valence-corrected chi connectivity index (χ2v) is 4.04. The normalized spacial score (nSPS) is 10.9. The summed E-state index contributed by atoms with van der Waals surface area (Å²) in [5, 5.41) is 8.59. The van der Waals surface area contributed by atoms with Crippen molar-refractivity contribution in [2.45, 2.75) is 19.8 Å². The highest BCUT2D eigenvalue weighted by molar-refractivity contribution is 6.17. The summed E-state index contributed by atoms with van der Waals surface area (Å²) in [5.74, 6) is -0.306. The minimum absolute atomic E-state index is 0.621. The number of hydrogen-bond acceptors (Lipinski definition) is 1. The lowest BCUT2D eigenvalue weighted by Gasteiger charge is -2.06. The zero-order chi connectivity index (χ0) is 12.0. The Morgan fingerprint density at radius 3 is 2.88 bits per heavy atom. The Kier molecular flexibility index (Phi) is 5.06. The molecule has 0 aliphatic heterocycles. The third-order valence-electron chi connectivity index (χ3n) is 2.28. The molecule has 0 atom stereocenters. The van der Waals surface area contributed by atoms with Gasteiger partial charge in [0.15, 0.2) is 0 Å². The van der Waals surface area contributed by atoms with E-state index in [0.717, 1.165) is 30.0 Å². The lowest BCUT2D eigenvalue weighted by Crippen LogP contribution is -1.93. The molecule has 1 rings (SSSR count). The van der Waals surface area contributed by atoms with Crippen molar-refractivity contribution in [1.29, 1.82) is 0 Å². The van der Waals surface area contributed by atoms with Crippen LogP contribution < -0.4 is 0 Å². The van der Waals surface area contributed by atoms with Gasteiger partial charge in [-0.3, -0.25) is 0 Å². The summed E-state index contributed by atoms with van der Waals surface area (Å²) in [5.41, 5.74) is 3.29. The summed E-state index contributed by atoms with van der Waals surface area (Å²) < 4.78 is 0. The number of alkyl halides is 1. The fourth-order valence-corrected chi connectivity index (χ4v) is 1.67. The van der Waals surface area contributed by atoms with Crippen LogP contribution in [-0.4, -0.2) is 17.0 Å². The zero-order valence-corrected chi connectivity index (χ0v) is 10.00. The van der Waals surface area contributed by atoms with Crippen LogP contribution in [0.4, 0.5) is 0 Å². The van der Waals surface area contributed by atoms with Gasteiger partial charge in [-0.05, 0) is 37.0 Å². The van der Waals surface area contributed by atoms with Gasteiger partial charge in [-0.2, -0.15) is 0 Å². The number of aryl methyl sites for hydroxylation is 2. The van der Waals surface area contributed by atoms with Crippen molar-refractivity contribution in [3.63, 3.8) is 0 Å². The first kappa shape index (κ1) is 12.8. The first-order valence-electron chi connectivity index (χ1n) is 5.20. The maximum absolute atomic E-state index is 10.5. The Hall–Kier alpha value is -1.28. The van der Waals surface area contributed by atoms with Gasteiger partial charge < -0.3 is 5.11 Å². The molecule has 0 aliphatic rings. The van der Waals surface area contributed by atoms with Crippen LogP contribution >= 0.6 is 11.6 Å². The predicted octanol–water partition coefficient (Wildman–Crippen LogP) is 3.26. The van der Waals surface area contributed by atoms with Crippen LogP contribution in [0.2, 0.25) is 0 Å². The molecular weight excluding hydrogens is 224 g/mol. The van der Waals surface area contributed by atoms with Gasteiger partial charge in [-0.25, -0.2) is 4.79 Å². The molecule has 0 saturated heterocycles. The Balaban J connectivity index is 2.92. The Bertz CT molecular complexity index is 397. The zero-order valence-electron chi connectivity index (χ0n) is 9.24. The molecule has 86 valence electrons. The smallest absolute Gasteiger partial charge is 0.328 e. The molecule has 1 N–H and O–H groups in total. The van der Waals surface area contributed by atoms with Crippen molar-refractivity contribution >= 4 is 23.6 Å². The van der Waals surface area contributed by atoms with Crippen molar-refractivity contribution in [3.8, 4) is 0 Å². The third kappa shape index (κ3) is 4.07. The van der Waals surface area contributed by atoms with Crippen LogP contribution in [0.25, 0.3) is 6.08 Å². The standard InChI is InChI=1S/C13H15ClO2/c1-10-4-5-11(6-7-13(15)16)12(9-10)3-2-8-14/h4-7,9H,2-3,8H2,1H3,(H,15,16)/b7-6+. The van der Waals surface area contributed by atoms with Crippen LogP contribution in [0.1, 0.15) is 23.1 Å². The quantitative estimate of drug-likeness (QED) is 0.632. The van der Waals surface area contributed by atoms with Crippen LogP contribution in [0, 0.1) is 6.92 Å². The molecule has 0 amide bonds. The summed E-state index contributed by atoms with van der Waals surface area (Å²) in [6, 6.07) is 6.00. The molecule has 2 nitrogen and oxygen atoms in total. The Morgan fingerprint density at radius 1 is 1.50 bits per heavy atom. The minimum Gasteiger partial charge on any atom is -0.478 e. The highest BCUT2D eigenvalue weighted by atomic mass is 35.5. The van der Waals surface area contributed by atoms with Crippen molar-refractivity contribution in [3.05, 3.63) is 41.0 Å². The maximum Gasteiger partial charge on any atom is 0.328 e. The van der Waals surface area contributed by atoms with E-state index in [-0.39, 0.29) is 0 Å². The second-order valence-electron chi connectivity index (χ2n) is 3.67. The maximum atomic E-state index is 10.5. The molecule has 0 unspecified atom stereocenters. The molecule has 16 heavy (non-hydrogen) atoms. The van der Waals surface area contributed by atoms with E-state index in [4.69, 9.17) is 16.7 Å². The lowest BCUT2D eigenvalue weighted by atomic mass is 10.0. The fraction of sp³-hybridized carbons (Fsp3) is 0.308. The van der Waals surface area contributed by atoms with Gasteiger partial charge in [-0.1, -0.05) is 23.8 Å². The largest absolute Gasteiger partial charge is 0.478 e. The average molecular weight is 239 g/mol. The number of hydrogen-bond donors (Lipinski definition) is 1. The Morgan fingerprint density at radius 2 is 2.25 bits per heavy atom. The van der Waals surface area contributed by atoms with E-state index in [1.54, 1.807) is 6.08 Å². The van der Waals surface area contributed by atoms with Crippen LogP contribution in [0.5, 0.6) is 0 Å². The SMILES string of the molecule is Cc1ccc(/C=C/C(=O)O)c(CCCCl)c1. The highest BCUT2D eigenvalue weighted by Gasteiger charge is 2.00. The van der Waals surface area contributed by atoms with E-state index in [2.05, 4.69) is 6.07 Å². The summed E-state index contributed by atoms with van der Waals surface area (Å²) >= 11 is 5.66. The molecule has 0 spiro atoms. The van der Waals surface area contributed by atoms with Crippen LogP contribution in [0.15, 0.2) is 24.3 Å². The first-order chi connectivity index (χ1) is 7.63.